The highest BCUT2D eigenvalue weighted by Gasteiger charge is 2.19. The van der Waals surface area contributed by atoms with Gasteiger partial charge in [-0.3, -0.25) is 4.79 Å². The van der Waals surface area contributed by atoms with Crippen molar-refractivity contribution in [1.82, 2.24) is 0 Å². The monoisotopic (exact) mass is 279 g/mol. The first kappa shape index (κ1) is 13.0. The van der Waals surface area contributed by atoms with Gasteiger partial charge < -0.3 is 15.4 Å². The van der Waals surface area contributed by atoms with Gasteiger partial charge in [0.2, 0.25) is 0 Å². The third-order valence-electron chi connectivity index (χ3n) is 3.22. The number of anilines is 2. The lowest BCUT2D eigenvalue weighted by Crippen LogP contribution is -2.22. The van der Waals surface area contributed by atoms with Crippen LogP contribution in [0.4, 0.5) is 11.4 Å². The van der Waals surface area contributed by atoms with Crippen molar-refractivity contribution in [3.8, 4) is 11.8 Å². The van der Waals surface area contributed by atoms with Gasteiger partial charge in [0.25, 0.3) is 5.91 Å². The molecule has 2 aromatic carbocycles. The van der Waals surface area contributed by atoms with Gasteiger partial charge in [-0.15, -0.1) is 0 Å². The summed E-state index contributed by atoms with van der Waals surface area (Å²) >= 11 is 0. The van der Waals surface area contributed by atoms with Crippen LogP contribution in [0.3, 0.4) is 0 Å². The normalized spacial score (nSPS) is 12.3. The number of benzene rings is 2. The second kappa shape index (κ2) is 5.55. The third kappa shape index (κ3) is 2.51. The molecule has 1 amide bonds. The fourth-order valence-electron chi connectivity index (χ4n) is 2.23. The number of nitriles is 1. The predicted octanol–water partition coefficient (Wildman–Crippen LogP) is 2.61. The minimum absolute atomic E-state index is 0.293. The molecule has 104 valence electrons. The molecule has 5 heteroatoms. The van der Waals surface area contributed by atoms with E-state index in [0.717, 1.165) is 12.2 Å². The van der Waals surface area contributed by atoms with Crippen molar-refractivity contribution in [1.29, 1.82) is 5.26 Å². The van der Waals surface area contributed by atoms with Crippen LogP contribution >= 0.6 is 0 Å². The fraction of sp³-hybridized carbons (Fsp3) is 0.125. The fourth-order valence-corrected chi connectivity index (χ4v) is 2.23. The SMILES string of the molecule is N#Cc1ccccc1NC(=O)c1cccc2c1OCCN2. The molecular weight excluding hydrogens is 266 g/mol. The van der Waals surface area contributed by atoms with Crippen molar-refractivity contribution in [2.45, 2.75) is 0 Å². The molecule has 0 saturated carbocycles. The van der Waals surface area contributed by atoms with E-state index in [-0.39, 0.29) is 5.91 Å². The first-order chi connectivity index (χ1) is 10.3. The van der Waals surface area contributed by atoms with Gasteiger partial charge in [0.05, 0.1) is 22.5 Å². The molecule has 21 heavy (non-hydrogen) atoms. The van der Waals surface area contributed by atoms with E-state index in [1.807, 2.05) is 6.07 Å². The van der Waals surface area contributed by atoms with Gasteiger partial charge in [-0.2, -0.15) is 5.26 Å². The van der Waals surface area contributed by atoms with Crippen molar-refractivity contribution in [3.05, 3.63) is 53.6 Å². The van der Waals surface area contributed by atoms with Crippen LogP contribution in [-0.4, -0.2) is 19.1 Å². The summed E-state index contributed by atoms with van der Waals surface area (Å²) in [4.78, 5) is 12.4. The zero-order chi connectivity index (χ0) is 14.7. The van der Waals surface area contributed by atoms with Crippen LogP contribution in [0.2, 0.25) is 0 Å². The maximum absolute atomic E-state index is 12.4. The second-order valence-corrected chi connectivity index (χ2v) is 4.57. The van der Waals surface area contributed by atoms with Gasteiger partial charge in [0, 0.05) is 6.54 Å². The number of hydrogen-bond donors (Lipinski definition) is 2. The van der Waals surface area contributed by atoms with E-state index in [4.69, 9.17) is 10.00 Å². The van der Waals surface area contributed by atoms with Crippen LogP contribution in [0.25, 0.3) is 0 Å². The van der Waals surface area contributed by atoms with Crippen LogP contribution in [0.5, 0.6) is 5.75 Å². The molecule has 0 saturated heterocycles. The van der Waals surface area contributed by atoms with Gasteiger partial charge >= 0.3 is 0 Å². The molecule has 3 rings (SSSR count). The first-order valence-corrected chi connectivity index (χ1v) is 6.60. The van der Waals surface area contributed by atoms with Crippen LogP contribution in [0.15, 0.2) is 42.5 Å². The number of hydrogen-bond acceptors (Lipinski definition) is 4. The molecule has 0 atom stereocenters. The molecule has 1 aliphatic heterocycles. The van der Waals surface area contributed by atoms with Gasteiger partial charge in [0.15, 0.2) is 5.75 Å². The molecular formula is C16H13N3O2. The minimum atomic E-state index is -0.293. The number of rotatable bonds is 2. The van der Waals surface area contributed by atoms with E-state index in [9.17, 15) is 4.79 Å². The number of amides is 1. The van der Waals surface area contributed by atoms with Gasteiger partial charge in [-0.25, -0.2) is 0 Å². The van der Waals surface area contributed by atoms with Crippen molar-refractivity contribution in [2.24, 2.45) is 0 Å². The number of nitrogens with zero attached hydrogens (tertiary/aromatic N) is 1. The summed E-state index contributed by atoms with van der Waals surface area (Å²) in [5.41, 5.74) is 2.18. The Kier molecular flexibility index (Phi) is 3.44. The Hall–Kier alpha value is -3.00. The predicted molar refractivity (Wildman–Crippen MR) is 79.5 cm³/mol. The number of fused-ring (bicyclic) bond motifs is 1. The molecule has 1 aliphatic rings. The highest BCUT2D eigenvalue weighted by Crippen LogP contribution is 2.31. The van der Waals surface area contributed by atoms with E-state index in [2.05, 4.69) is 16.7 Å². The lowest BCUT2D eigenvalue weighted by molar-refractivity contribution is 0.102. The first-order valence-electron chi connectivity index (χ1n) is 6.60. The zero-order valence-electron chi connectivity index (χ0n) is 11.2. The topological polar surface area (TPSA) is 74.2 Å². The average molecular weight is 279 g/mol. The molecule has 2 aromatic rings. The Bertz CT molecular complexity index is 735. The van der Waals surface area contributed by atoms with Crippen LogP contribution in [0, 0.1) is 11.3 Å². The van der Waals surface area contributed by atoms with Crippen molar-refractivity contribution in [3.63, 3.8) is 0 Å². The van der Waals surface area contributed by atoms with Crippen molar-refractivity contribution < 1.29 is 9.53 Å². The summed E-state index contributed by atoms with van der Waals surface area (Å²) in [7, 11) is 0. The number of nitrogens with one attached hydrogen (secondary N) is 2. The minimum Gasteiger partial charge on any atom is -0.489 e. The Balaban J connectivity index is 1.91. The average Bonchev–Trinajstić information content (AvgIpc) is 2.54. The summed E-state index contributed by atoms with van der Waals surface area (Å²) in [6, 6.07) is 14.3. The van der Waals surface area contributed by atoms with Crippen molar-refractivity contribution in [2.75, 3.05) is 23.8 Å². The van der Waals surface area contributed by atoms with Crippen LogP contribution in [0.1, 0.15) is 15.9 Å². The Morgan fingerprint density at radius 3 is 2.95 bits per heavy atom. The Morgan fingerprint density at radius 1 is 1.24 bits per heavy atom. The summed E-state index contributed by atoms with van der Waals surface area (Å²) in [6.07, 6.45) is 0. The summed E-state index contributed by atoms with van der Waals surface area (Å²) in [5, 5.41) is 15.0. The molecule has 2 N–H and O–H groups in total. The molecule has 0 radical (unpaired) electrons. The maximum atomic E-state index is 12.4. The summed E-state index contributed by atoms with van der Waals surface area (Å²) in [6.45, 7) is 1.24. The zero-order valence-corrected chi connectivity index (χ0v) is 11.2. The molecule has 0 spiro atoms. The lowest BCUT2D eigenvalue weighted by Gasteiger charge is -2.21. The summed E-state index contributed by atoms with van der Waals surface area (Å²) in [5.74, 6) is 0.258. The standard InChI is InChI=1S/C16H13N3O2/c17-10-11-4-1-2-6-13(11)19-16(20)12-5-3-7-14-15(12)21-9-8-18-14/h1-7,18H,8-9H2,(H,19,20). The highest BCUT2D eigenvalue weighted by atomic mass is 16.5. The van der Waals surface area contributed by atoms with Gasteiger partial charge in [0.1, 0.15) is 12.7 Å². The number of para-hydroxylation sites is 2. The lowest BCUT2D eigenvalue weighted by atomic mass is 10.1. The quantitative estimate of drug-likeness (QED) is 0.886. The van der Waals surface area contributed by atoms with E-state index in [1.165, 1.54) is 0 Å². The van der Waals surface area contributed by atoms with E-state index in [0.29, 0.717) is 29.2 Å². The van der Waals surface area contributed by atoms with Gasteiger partial charge in [-0.05, 0) is 24.3 Å². The third-order valence-corrected chi connectivity index (χ3v) is 3.22. The molecule has 0 fully saturated rings. The van der Waals surface area contributed by atoms with Crippen molar-refractivity contribution >= 4 is 17.3 Å². The second-order valence-electron chi connectivity index (χ2n) is 4.57. The molecule has 0 aliphatic carbocycles. The van der Waals surface area contributed by atoms with Gasteiger partial charge in [-0.1, -0.05) is 18.2 Å². The van der Waals surface area contributed by atoms with E-state index >= 15 is 0 Å². The smallest absolute Gasteiger partial charge is 0.259 e. The largest absolute Gasteiger partial charge is 0.489 e. The molecule has 5 nitrogen and oxygen atoms in total. The number of carbonyl (C=O) groups is 1. The van der Waals surface area contributed by atoms with Crippen LogP contribution in [-0.2, 0) is 0 Å². The molecule has 1 heterocycles. The van der Waals surface area contributed by atoms with E-state index in [1.54, 1.807) is 36.4 Å². The number of carbonyl (C=O) groups excluding carboxylic acids is 1. The molecule has 0 aromatic heterocycles. The maximum Gasteiger partial charge on any atom is 0.259 e. The van der Waals surface area contributed by atoms with E-state index < -0.39 is 0 Å². The molecule has 0 bridgehead atoms. The molecule has 0 unspecified atom stereocenters. The van der Waals surface area contributed by atoms with Crippen LogP contribution < -0.4 is 15.4 Å². The summed E-state index contributed by atoms with van der Waals surface area (Å²) < 4.78 is 5.58. The highest BCUT2D eigenvalue weighted by molar-refractivity contribution is 6.08. The number of ether oxygens (including phenoxy) is 1. The Morgan fingerprint density at radius 2 is 2.10 bits per heavy atom. The Labute approximate surface area is 122 Å².